The maximum absolute atomic E-state index is 16.1. The van der Waals surface area contributed by atoms with Crippen LogP contribution in [-0.4, -0.2) is 49.6 Å². The number of carboxylic acids is 1. The fraction of sp³-hybridized carbons (Fsp3) is 0.232. The van der Waals surface area contributed by atoms with E-state index in [-0.39, 0.29) is 0 Å². The lowest BCUT2D eigenvalue weighted by Crippen LogP contribution is -2.82. The van der Waals surface area contributed by atoms with Crippen LogP contribution in [0.4, 0.5) is 14.4 Å². The maximum atomic E-state index is 16.1. The van der Waals surface area contributed by atoms with Gasteiger partial charge in [0.05, 0.1) is 18.8 Å². The second-order valence-corrected chi connectivity index (χ2v) is 17.3. The zero-order chi connectivity index (χ0) is 55.4. The van der Waals surface area contributed by atoms with Gasteiger partial charge < -0.3 is 53.2 Å². The highest BCUT2D eigenvalue weighted by Gasteiger charge is 2.75. The van der Waals surface area contributed by atoms with Crippen molar-refractivity contribution in [1.29, 1.82) is 0 Å². The molecule has 0 saturated heterocycles. The second-order valence-electron chi connectivity index (χ2n) is 17.3. The summed E-state index contributed by atoms with van der Waals surface area (Å²) in [4.78, 5) is 102. The number of benzene rings is 4. The Balaban J connectivity index is 1.79. The number of rotatable bonds is 24. The maximum Gasteiger partial charge on any atom is 0.406 e. The van der Waals surface area contributed by atoms with Crippen molar-refractivity contribution < 1.29 is 67.1 Å². The van der Waals surface area contributed by atoms with E-state index in [0.717, 1.165) is 37.0 Å². The number of amides is 3. The fourth-order valence-corrected chi connectivity index (χ4v) is 9.82. The van der Waals surface area contributed by atoms with Gasteiger partial charge in [-0.3, -0.25) is 25.0 Å². The standard InChI is InChI=1S/C56H54N4O17/c1-4-53(57-50(66)67,46-43(40(61)27-30-72-46)75-33-36-19-11-7-12-20-36)56(49(64)65,39-25-17-10-18-26-39)60(54(5-2,58-51(68)69)47-44(41(62)28-31-73-47)76-34-37-21-13-8-14-22-37)55(6-3,59-52(70)71)48-45(42(63)29-32-74-48)77-35-38-23-15-9-16-24-38/h7-32,57-59H,4-6,33-35H2,1-3H3,(H,64,65)(H,66,67)(H,68,69)(H,70,71). The van der Waals surface area contributed by atoms with E-state index in [0.29, 0.717) is 21.6 Å². The van der Waals surface area contributed by atoms with Crippen LogP contribution in [0.1, 0.15) is 79.6 Å². The van der Waals surface area contributed by atoms with Crippen LogP contribution in [-0.2, 0) is 47.0 Å². The van der Waals surface area contributed by atoms with Gasteiger partial charge in [0.2, 0.25) is 33.5 Å². The smallest absolute Gasteiger partial charge is 0.406 e. The van der Waals surface area contributed by atoms with Crippen molar-refractivity contribution in [3.05, 3.63) is 229 Å². The van der Waals surface area contributed by atoms with Crippen molar-refractivity contribution in [1.82, 2.24) is 20.9 Å². The predicted octanol–water partition coefficient (Wildman–Crippen LogP) is 8.50. The molecule has 0 radical (unpaired) electrons. The first kappa shape index (κ1) is 55.1. The van der Waals surface area contributed by atoms with Crippen molar-refractivity contribution in [2.45, 2.75) is 82.3 Å². The van der Waals surface area contributed by atoms with Crippen LogP contribution in [0.2, 0.25) is 0 Å². The van der Waals surface area contributed by atoms with E-state index in [1.165, 1.54) is 51.1 Å². The summed E-state index contributed by atoms with van der Waals surface area (Å²) in [7, 11) is 0. The Morgan fingerprint density at radius 2 is 0.779 bits per heavy atom. The Hall–Kier alpha value is -9.63. The van der Waals surface area contributed by atoms with E-state index in [9.17, 15) is 49.2 Å². The molecule has 7 aromatic rings. The number of ether oxygens (including phenoxy) is 3. The summed E-state index contributed by atoms with van der Waals surface area (Å²) < 4.78 is 37.5. The van der Waals surface area contributed by atoms with Gasteiger partial charge in [0, 0.05) is 18.2 Å². The molecule has 7 rings (SSSR count). The molecule has 4 aromatic carbocycles. The Labute approximate surface area is 438 Å². The molecule has 400 valence electrons. The summed E-state index contributed by atoms with van der Waals surface area (Å²) in [6.07, 6.45) is -5.71. The molecular formula is C56H54N4O17. The van der Waals surface area contributed by atoms with Gasteiger partial charge >= 0.3 is 24.2 Å². The van der Waals surface area contributed by atoms with Crippen molar-refractivity contribution in [3.8, 4) is 17.2 Å². The van der Waals surface area contributed by atoms with Gasteiger partial charge in [-0.15, -0.1) is 0 Å². The van der Waals surface area contributed by atoms with Gasteiger partial charge in [0.25, 0.3) is 0 Å². The lowest BCUT2D eigenvalue weighted by atomic mass is 9.64. The van der Waals surface area contributed by atoms with Gasteiger partial charge in [-0.25, -0.2) is 24.1 Å². The molecule has 0 saturated carbocycles. The van der Waals surface area contributed by atoms with Crippen LogP contribution in [0, 0.1) is 0 Å². The molecule has 21 nitrogen and oxygen atoms in total. The monoisotopic (exact) mass is 1050 g/mol. The highest BCUT2D eigenvalue weighted by atomic mass is 16.5. The summed E-state index contributed by atoms with van der Waals surface area (Å²) in [5, 5.41) is 54.0. The zero-order valence-electron chi connectivity index (χ0n) is 41.8. The highest BCUT2D eigenvalue weighted by Crippen LogP contribution is 2.59. The second kappa shape index (κ2) is 23.7. The number of hydrogen-bond donors (Lipinski definition) is 7. The van der Waals surface area contributed by atoms with E-state index in [4.69, 9.17) is 27.5 Å². The molecule has 0 fully saturated rings. The number of aliphatic carboxylic acids is 1. The minimum atomic E-state index is -3.54. The van der Waals surface area contributed by atoms with Crippen molar-refractivity contribution in [2.24, 2.45) is 0 Å². The molecule has 3 aromatic heterocycles. The molecular weight excluding hydrogens is 1000 g/mol. The predicted molar refractivity (Wildman–Crippen MR) is 274 cm³/mol. The van der Waals surface area contributed by atoms with Gasteiger partial charge in [-0.05, 0) is 41.5 Å². The number of nitrogens with zero attached hydrogens (tertiary/aromatic N) is 1. The molecule has 3 heterocycles. The largest absolute Gasteiger partial charge is 0.482 e. The average molecular weight is 1060 g/mol. The third-order valence-corrected chi connectivity index (χ3v) is 13.0. The van der Waals surface area contributed by atoms with Crippen LogP contribution in [0.5, 0.6) is 17.2 Å². The van der Waals surface area contributed by atoms with Crippen molar-refractivity contribution in [3.63, 3.8) is 0 Å². The van der Waals surface area contributed by atoms with Gasteiger partial charge in [-0.1, -0.05) is 142 Å². The summed E-state index contributed by atoms with van der Waals surface area (Å²) >= 11 is 0. The van der Waals surface area contributed by atoms with E-state index in [2.05, 4.69) is 16.0 Å². The van der Waals surface area contributed by atoms with E-state index in [1.807, 2.05) is 0 Å². The van der Waals surface area contributed by atoms with Crippen LogP contribution in [0.25, 0.3) is 0 Å². The molecule has 7 N–H and O–H groups in total. The first-order valence-electron chi connectivity index (χ1n) is 24.0. The molecule has 21 heteroatoms. The first-order valence-corrected chi connectivity index (χ1v) is 24.0. The first-order chi connectivity index (χ1) is 37.0. The molecule has 0 aliphatic heterocycles. The van der Waals surface area contributed by atoms with Crippen LogP contribution in [0.15, 0.2) is 186 Å². The van der Waals surface area contributed by atoms with Gasteiger partial charge in [-0.2, -0.15) is 0 Å². The fourth-order valence-electron chi connectivity index (χ4n) is 9.82. The summed E-state index contributed by atoms with van der Waals surface area (Å²) in [6, 6.07) is 34.5. The number of hydrogen-bond acceptors (Lipinski definition) is 14. The van der Waals surface area contributed by atoms with E-state index < -0.39 is 142 Å². The van der Waals surface area contributed by atoms with Crippen LogP contribution >= 0.6 is 0 Å². The normalized spacial score (nSPS) is 14.3. The van der Waals surface area contributed by atoms with Crippen molar-refractivity contribution in [2.75, 3.05) is 0 Å². The molecule has 0 bridgehead atoms. The Morgan fingerprint density at radius 1 is 0.455 bits per heavy atom. The van der Waals surface area contributed by atoms with Crippen LogP contribution in [0.3, 0.4) is 0 Å². The highest BCUT2D eigenvalue weighted by molar-refractivity contribution is 5.86. The number of carbonyl (C=O) groups is 4. The summed E-state index contributed by atoms with van der Waals surface area (Å²) in [5.41, 5.74) is -14.8. The SMILES string of the molecule is CCC(NC(=O)O)(c1occc(=O)c1OCc1ccccc1)N(C(CC)(NC(=O)O)c1occc(=O)c1OCc1ccccc1)C(C(=O)O)(c1ccccc1)C(CC)(NC(=O)O)c1occc(=O)c1OCc1ccccc1. The van der Waals surface area contributed by atoms with Crippen LogP contribution < -0.4 is 46.4 Å². The molecule has 0 aliphatic carbocycles. The van der Waals surface area contributed by atoms with Gasteiger partial charge in [0.1, 0.15) is 25.4 Å². The zero-order valence-corrected chi connectivity index (χ0v) is 41.8. The molecule has 0 spiro atoms. The number of nitrogens with one attached hydrogen (secondary N) is 3. The minimum Gasteiger partial charge on any atom is -0.482 e. The Kier molecular flexibility index (Phi) is 17.0. The average Bonchev–Trinajstić information content (AvgIpc) is 3.62. The Bertz CT molecular complexity index is 3250. The summed E-state index contributed by atoms with van der Waals surface area (Å²) in [5.74, 6) is -6.81. The topological polar surface area (TPSA) is 307 Å². The molecule has 0 aliphatic rings. The molecule has 4 atom stereocenters. The third kappa shape index (κ3) is 10.7. The molecule has 4 unspecified atom stereocenters. The lowest BCUT2D eigenvalue weighted by molar-refractivity contribution is -0.214. The van der Waals surface area contributed by atoms with Crippen molar-refractivity contribution >= 4 is 24.2 Å². The lowest BCUT2D eigenvalue weighted by Gasteiger charge is -2.62. The number of carboxylic acid groups (broad SMARTS) is 4. The van der Waals surface area contributed by atoms with E-state index in [1.54, 1.807) is 91.0 Å². The van der Waals surface area contributed by atoms with Gasteiger partial charge in [0.15, 0.2) is 34.1 Å². The summed E-state index contributed by atoms with van der Waals surface area (Å²) in [6.45, 7) is 2.77. The molecule has 77 heavy (non-hydrogen) atoms. The third-order valence-electron chi connectivity index (χ3n) is 13.0. The van der Waals surface area contributed by atoms with E-state index >= 15 is 4.79 Å². The quantitative estimate of drug-likeness (QED) is 0.0279. The minimum absolute atomic E-state index is 0.391. The Morgan fingerprint density at radius 3 is 1.09 bits per heavy atom. The molecule has 3 amide bonds.